The first kappa shape index (κ1) is 52.7. The van der Waals surface area contributed by atoms with Gasteiger partial charge in [-0.1, -0.05) is 48.0 Å². The van der Waals surface area contributed by atoms with E-state index in [0.717, 1.165) is 35.3 Å². The van der Waals surface area contributed by atoms with E-state index in [1.165, 1.54) is 28.9 Å². The average molecular weight is 1030 g/mol. The largest absolute Gasteiger partial charge is 0.367 e. The topological polar surface area (TPSA) is 231 Å². The number of fused-ring (bicyclic) bond motifs is 2. The lowest BCUT2D eigenvalue weighted by atomic mass is 9.85. The Hall–Kier alpha value is -8.13. The third kappa shape index (κ3) is 13.2. The second-order valence-corrected chi connectivity index (χ2v) is 20.7. The van der Waals surface area contributed by atoms with Crippen molar-refractivity contribution in [1.82, 2.24) is 24.8 Å². The Balaban J connectivity index is 0.000000216. The molecule has 0 saturated carbocycles. The van der Waals surface area contributed by atoms with Gasteiger partial charge in [-0.3, -0.25) is 24.2 Å². The predicted octanol–water partition coefficient (Wildman–Crippen LogP) is 11.2. The number of aromatic nitrogens is 4. The number of nitriles is 2. The molecule has 0 aliphatic carbocycles. The standard InChI is InChI=1S/C29H31N7O2S.C25H20ClN5O2S/c1-18-9-10-21(33-26(37)19-7-6-8-20(13-19)29(2,3)17-30)14-22(18)34-27(38)24-15-23-28(39-24)35-25(16-32-23)31-11-12-36(4)5;1-14-7-8-17(29-22(32)15-5-4-6-16(9-15)25(2,3)13-27)10-18(14)30-23(33)20-11-19-24(34-20)31-21(26)12-28-19/h6-10,13-16H,11-12H2,1-5H3,(H,31,35)(H,33,37)(H,34,38);4-12H,1-3H3,(H,29,32)(H,30,33). The molecule has 0 spiro atoms. The van der Waals surface area contributed by atoms with E-state index in [0.29, 0.717) is 70.1 Å². The van der Waals surface area contributed by atoms with E-state index in [1.807, 2.05) is 66.1 Å². The van der Waals surface area contributed by atoms with E-state index in [1.54, 1.807) is 92.8 Å². The van der Waals surface area contributed by atoms with Gasteiger partial charge >= 0.3 is 0 Å². The summed E-state index contributed by atoms with van der Waals surface area (Å²) in [6, 6.07) is 32.5. The number of rotatable bonds is 14. The molecule has 16 nitrogen and oxygen atoms in total. The van der Waals surface area contributed by atoms with Crippen LogP contribution in [0, 0.1) is 36.5 Å². The molecule has 0 bridgehead atoms. The fourth-order valence-corrected chi connectivity index (χ4v) is 8.94. The van der Waals surface area contributed by atoms with Crippen molar-refractivity contribution in [3.63, 3.8) is 0 Å². The van der Waals surface area contributed by atoms with E-state index in [2.05, 4.69) is 63.6 Å². The van der Waals surface area contributed by atoms with Gasteiger partial charge in [0.15, 0.2) is 0 Å². The molecule has 8 aromatic rings. The van der Waals surface area contributed by atoms with Crippen LogP contribution in [0.5, 0.6) is 0 Å². The molecule has 5 N–H and O–H groups in total. The van der Waals surface area contributed by atoms with Crippen LogP contribution in [0.25, 0.3) is 20.7 Å². The van der Waals surface area contributed by atoms with E-state index < -0.39 is 10.8 Å². The summed E-state index contributed by atoms with van der Waals surface area (Å²) in [5.74, 6) is -0.531. The van der Waals surface area contributed by atoms with Crippen LogP contribution in [0.15, 0.2) is 109 Å². The van der Waals surface area contributed by atoms with Crippen molar-refractivity contribution >= 4 is 107 Å². The van der Waals surface area contributed by atoms with Crippen molar-refractivity contribution in [3.05, 3.63) is 158 Å². The molecule has 370 valence electrons. The number of carbonyl (C=O) groups is 4. The number of thiophene rings is 2. The van der Waals surface area contributed by atoms with Crippen LogP contribution in [-0.2, 0) is 10.8 Å². The third-order valence-corrected chi connectivity index (χ3v) is 13.7. The Morgan fingerprint density at radius 3 is 1.55 bits per heavy atom. The summed E-state index contributed by atoms with van der Waals surface area (Å²) in [6.07, 6.45) is 3.10. The second-order valence-electron chi connectivity index (χ2n) is 18.3. The number of anilines is 5. The minimum absolute atomic E-state index is 0.266. The second kappa shape index (κ2) is 22.5. The number of amides is 4. The molecule has 0 aliphatic rings. The van der Waals surface area contributed by atoms with Crippen molar-refractivity contribution in [2.45, 2.75) is 52.4 Å². The average Bonchev–Trinajstić information content (AvgIpc) is 4.01. The van der Waals surface area contributed by atoms with Gasteiger partial charge in [-0.2, -0.15) is 10.5 Å². The van der Waals surface area contributed by atoms with Gasteiger partial charge in [-0.15, -0.1) is 22.7 Å². The lowest BCUT2D eigenvalue weighted by molar-refractivity contribution is 0.101. The van der Waals surface area contributed by atoms with Crippen molar-refractivity contribution in [1.29, 1.82) is 10.5 Å². The SMILES string of the molecule is Cc1ccc(NC(=O)c2cccc(C(C)(C)C#N)c2)cc1NC(=O)c1cc2ncc(Cl)nc2s1.Cc1ccc(NC(=O)c2cccc(C(C)(C)C#N)c2)cc1NC(=O)c1cc2ncc(NCCN(C)C)nc2s1. The Bertz CT molecular complexity index is 3500. The maximum atomic E-state index is 13.1. The molecule has 0 aliphatic heterocycles. The molecule has 8 rings (SSSR count). The highest BCUT2D eigenvalue weighted by Crippen LogP contribution is 2.30. The first-order valence-electron chi connectivity index (χ1n) is 22.8. The number of likely N-dealkylation sites (N-methyl/N-ethyl adjacent to an activating group) is 1. The lowest BCUT2D eigenvalue weighted by Crippen LogP contribution is -2.21. The molecule has 0 atom stereocenters. The molecule has 0 fully saturated rings. The summed E-state index contributed by atoms with van der Waals surface area (Å²) < 4.78 is 0. The summed E-state index contributed by atoms with van der Waals surface area (Å²) in [7, 11) is 4.01. The monoisotopic (exact) mass is 1030 g/mol. The summed E-state index contributed by atoms with van der Waals surface area (Å²) in [5.41, 5.74) is 6.15. The van der Waals surface area contributed by atoms with E-state index >= 15 is 0 Å². The maximum absolute atomic E-state index is 13.1. The van der Waals surface area contributed by atoms with Gasteiger partial charge in [0, 0.05) is 47.0 Å². The van der Waals surface area contributed by atoms with Crippen LogP contribution in [-0.4, -0.2) is 75.6 Å². The van der Waals surface area contributed by atoms with Gasteiger partial charge in [0.25, 0.3) is 23.6 Å². The lowest BCUT2D eigenvalue weighted by Gasteiger charge is -2.17. The Morgan fingerprint density at radius 1 is 0.616 bits per heavy atom. The van der Waals surface area contributed by atoms with Crippen LogP contribution in [0.3, 0.4) is 0 Å². The summed E-state index contributed by atoms with van der Waals surface area (Å²) >= 11 is 8.36. The quantitative estimate of drug-likeness (QED) is 0.0685. The minimum atomic E-state index is -0.709. The Kier molecular flexibility index (Phi) is 16.3. The van der Waals surface area contributed by atoms with E-state index in [9.17, 15) is 29.7 Å². The van der Waals surface area contributed by atoms with Gasteiger partial charge in [-0.05, 0) is 139 Å². The number of carbonyl (C=O) groups excluding carboxylic acids is 4. The zero-order valence-corrected chi connectivity index (χ0v) is 43.7. The van der Waals surface area contributed by atoms with Gasteiger partial charge in [0.05, 0.1) is 45.1 Å². The van der Waals surface area contributed by atoms with Crippen LogP contribution < -0.4 is 26.6 Å². The fourth-order valence-electron chi connectivity index (χ4n) is 6.99. The highest BCUT2D eigenvalue weighted by Gasteiger charge is 2.23. The molecule has 73 heavy (non-hydrogen) atoms. The molecule has 0 radical (unpaired) electrons. The van der Waals surface area contributed by atoms with Crippen molar-refractivity contribution in [2.75, 3.05) is 53.8 Å². The smallest absolute Gasteiger partial charge is 0.265 e. The number of benzene rings is 4. The Morgan fingerprint density at radius 2 is 1.08 bits per heavy atom. The fraction of sp³-hybridized carbons (Fsp3) is 0.222. The summed E-state index contributed by atoms with van der Waals surface area (Å²) in [5, 5.41) is 33.9. The summed E-state index contributed by atoms with van der Waals surface area (Å²) in [6.45, 7) is 12.6. The molecule has 4 amide bonds. The first-order chi connectivity index (χ1) is 34.7. The van der Waals surface area contributed by atoms with Crippen LogP contribution in [0.4, 0.5) is 28.6 Å². The third-order valence-electron chi connectivity index (χ3n) is 11.5. The number of hydrogen-bond donors (Lipinski definition) is 5. The molecule has 4 heterocycles. The summed E-state index contributed by atoms with van der Waals surface area (Å²) in [4.78, 5) is 73.4. The Labute approximate surface area is 435 Å². The normalized spacial score (nSPS) is 11.2. The van der Waals surface area contributed by atoms with Gasteiger partial charge in [0.1, 0.15) is 31.7 Å². The maximum Gasteiger partial charge on any atom is 0.265 e. The highest BCUT2D eigenvalue weighted by atomic mass is 35.5. The molecule has 0 unspecified atom stereocenters. The van der Waals surface area contributed by atoms with E-state index in [-0.39, 0.29) is 28.8 Å². The van der Waals surface area contributed by atoms with Crippen LogP contribution >= 0.6 is 34.3 Å². The molecule has 4 aromatic heterocycles. The van der Waals surface area contributed by atoms with Gasteiger partial charge in [0.2, 0.25) is 0 Å². The van der Waals surface area contributed by atoms with E-state index in [4.69, 9.17) is 11.6 Å². The molecule has 19 heteroatoms. The molecular formula is C54H51ClN12O4S2. The number of hydrogen-bond acceptors (Lipinski definition) is 14. The van der Waals surface area contributed by atoms with Crippen molar-refractivity contribution < 1.29 is 19.2 Å². The van der Waals surface area contributed by atoms with Gasteiger partial charge < -0.3 is 31.5 Å². The molecule has 4 aromatic carbocycles. The molecular weight excluding hydrogens is 980 g/mol. The first-order valence-corrected chi connectivity index (χ1v) is 24.8. The minimum Gasteiger partial charge on any atom is -0.367 e. The highest BCUT2D eigenvalue weighted by molar-refractivity contribution is 7.20. The van der Waals surface area contributed by atoms with Crippen LogP contribution in [0.2, 0.25) is 5.15 Å². The van der Waals surface area contributed by atoms with Crippen LogP contribution in [0.1, 0.15) is 90.0 Å². The van der Waals surface area contributed by atoms with Gasteiger partial charge in [-0.25, -0.2) is 15.0 Å². The zero-order valence-electron chi connectivity index (χ0n) is 41.3. The predicted molar refractivity (Wildman–Crippen MR) is 291 cm³/mol. The zero-order chi connectivity index (χ0) is 52.6. The number of nitrogens with one attached hydrogen (secondary N) is 5. The van der Waals surface area contributed by atoms with Crippen molar-refractivity contribution in [3.8, 4) is 12.1 Å². The number of aryl methyl sites for hydroxylation is 2. The number of nitrogens with zero attached hydrogens (tertiary/aromatic N) is 7. The molecule has 0 saturated heterocycles. The number of halogens is 1. The van der Waals surface area contributed by atoms with Crippen molar-refractivity contribution in [2.24, 2.45) is 0 Å².